The molecule has 0 spiro atoms. The van der Waals surface area contributed by atoms with E-state index in [2.05, 4.69) is 33.4 Å². The number of carbonyl (C=O) groups is 1. The number of fused-ring (bicyclic) bond motifs is 1. The highest BCUT2D eigenvalue weighted by molar-refractivity contribution is 5.98. The van der Waals surface area contributed by atoms with Crippen LogP contribution in [0.25, 0.3) is 22.0 Å². The molecule has 2 N–H and O–H groups in total. The average Bonchev–Trinajstić information content (AvgIpc) is 3.47. The summed E-state index contributed by atoms with van der Waals surface area (Å²) >= 11 is 0. The van der Waals surface area contributed by atoms with E-state index in [-0.39, 0.29) is 23.7 Å². The maximum atomic E-state index is 13.2. The molecule has 1 aliphatic rings. The molecule has 1 aromatic heterocycles. The van der Waals surface area contributed by atoms with E-state index in [1.54, 1.807) is 12.1 Å². The molecule has 0 unspecified atom stereocenters. The summed E-state index contributed by atoms with van der Waals surface area (Å²) in [5, 5.41) is 13.4. The van der Waals surface area contributed by atoms with E-state index in [0.29, 0.717) is 18.8 Å². The van der Waals surface area contributed by atoms with Crippen molar-refractivity contribution in [2.75, 3.05) is 13.1 Å². The average molecular weight is 453 g/mol. The van der Waals surface area contributed by atoms with Gasteiger partial charge in [-0.2, -0.15) is 5.26 Å². The normalized spacial score (nSPS) is 18.1. The SMILES string of the molecule is N#C[C@H]1C[C@@H](CNC(=O)c2cc3ccc(-c4ccc(F)cc4)cc3[nH]2)N(Cc2ccccc2)C1. The maximum absolute atomic E-state index is 13.2. The van der Waals surface area contributed by atoms with Gasteiger partial charge in [-0.25, -0.2) is 4.39 Å². The fourth-order valence-corrected chi connectivity index (χ4v) is 4.68. The number of amides is 1. The van der Waals surface area contributed by atoms with Gasteiger partial charge in [-0.1, -0.05) is 54.6 Å². The van der Waals surface area contributed by atoms with Gasteiger partial charge in [0.25, 0.3) is 5.91 Å². The van der Waals surface area contributed by atoms with Gasteiger partial charge in [0.15, 0.2) is 0 Å². The molecule has 2 heterocycles. The van der Waals surface area contributed by atoms with E-state index < -0.39 is 0 Å². The molecule has 1 saturated heterocycles. The number of hydrogen-bond acceptors (Lipinski definition) is 3. The minimum Gasteiger partial charge on any atom is -0.351 e. The Kier molecular flexibility index (Phi) is 6.11. The first-order valence-electron chi connectivity index (χ1n) is 11.4. The van der Waals surface area contributed by atoms with Gasteiger partial charge in [0, 0.05) is 36.6 Å². The van der Waals surface area contributed by atoms with Crippen molar-refractivity contribution in [3.05, 3.63) is 95.9 Å². The molecular formula is C28H25FN4O. The summed E-state index contributed by atoms with van der Waals surface area (Å²) in [7, 11) is 0. The molecule has 5 nitrogen and oxygen atoms in total. The molecule has 0 aliphatic carbocycles. The Morgan fingerprint density at radius 1 is 1.06 bits per heavy atom. The lowest BCUT2D eigenvalue weighted by Gasteiger charge is -2.24. The number of rotatable bonds is 6. The van der Waals surface area contributed by atoms with Crippen LogP contribution >= 0.6 is 0 Å². The summed E-state index contributed by atoms with van der Waals surface area (Å²) in [5.74, 6) is -0.461. The van der Waals surface area contributed by atoms with E-state index in [1.807, 2.05) is 42.5 Å². The minimum atomic E-state index is -0.269. The number of hydrogen-bond donors (Lipinski definition) is 2. The van der Waals surface area contributed by atoms with Crippen LogP contribution in [0.2, 0.25) is 0 Å². The second kappa shape index (κ2) is 9.50. The fourth-order valence-electron chi connectivity index (χ4n) is 4.68. The molecule has 34 heavy (non-hydrogen) atoms. The third kappa shape index (κ3) is 4.70. The van der Waals surface area contributed by atoms with E-state index in [0.717, 1.165) is 35.0 Å². The van der Waals surface area contributed by atoms with Crippen molar-refractivity contribution in [3.63, 3.8) is 0 Å². The molecule has 1 fully saturated rings. The Hall–Kier alpha value is -3.95. The number of nitrogens with zero attached hydrogens (tertiary/aromatic N) is 2. The van der Waals surface area contributed by atoms with Crippen molar-refractivity contribution >= 4 is 16.8 Å². The van der Waals surface area contributed by atoms with Crippen LogP contribution in [0.4, 0.5) is 4.39 Å². The zero-order valence-electron chi connectivity index (χ0n) is 18.7. The lowest BCUT2D eigenvalue weighted by molar-refractivity contribution is 0.0935. The molecule has 3 aromatic carbocycles. The number of halogens is 1. The number of benzene rings is 3. The largest absolute Gasteiger partial charge is 0.351 e. The number of nitriles is 1. The molecule has 2 atom stereocenters. The summed E-state index contributed by atoms with van der Waals surface area (Å²) in [6.07, 6.45) is 0.747. The zero-order valence-corrected chi connectivity index (χ0v) is 18.7. The van der Waals surface area contributed by atoms with Gasteiger partial charge >= 0.3 is 0 Å². The van der Waals surface area contributed by atoms with Crippen molar-refractivity contribution in [1.82, 2.24) is 15.2 Å². The van der Waals surface area contributed by atoms with Gasteiger partial charge in [-0.3, -0.25) is 9.69 Å². The van der Waals surface area contributed by atoms with Crippen molar-refractivity contribution in [3.8, 4) is 17.2 Å². The van der Waals surface area contributed by atoms with E-state index in [1.165, 1.54) is 17.7 Å². The van der Waals surface area contributed by atoms with Gasteiger partial charge in [-0.05, 0) is 47.4 Å². The van der Waals surface area contributed by atoms with Crippen LogP contribution in [0.3, 0.4) is 0 Å². The Morgan fingerprint density at radius 2 is 1.82 bits per heavy atom. The van der Waals surface area contributed by atoms with Crippen molar-refractivity contribution in [2.24, 2.45) is 5.92 Å². The second-order valence-corrected chi connectivity index (χ2v) is 8.83. The lowest BCUT2D eigenvalue weighted by Crippen LogP contribution is -2.39. The Balaban J connectivity index is 1.27. The molecule has 6 heteroatoms. The molecule has 0 saturated carbocycles. The van der Waals surface area contributed by atoms with Crippen molar-refractivity contribution in [2.45, 2.75) is 19.0 Å². The summed E-state index contributed by atoms with van der Waals surface area (Å²) in [6, 6.07) is 26.8. The molecule has 1 amide bonds. The highest BCUT2D eigenvalue weighted by atomic mass is 19.1. The predicted octanol–water partition coefficient (Wildman–Crippen LogP) is 5.12. The first-order valence-corrected chi connectivity index (χ1v) is 11.4. The summed E-state index contributed by atoms with van der Waals surface area (Å²) in [5.41, 5.74) is 4.41. The number of aromatic nitrogens is 1. The van der Waals surface area contributed by atoms with Crippen LogP contribution in [0.5, 0.6) is 0 Å². The van der Waals surface area contributed by atoms with Crippen LogP contribution in [-0.2, 0) is 6.54 Å². The van der Waals surface area contributed by atoms with Gasteiger partial charge < -0.3 is 10.3 Å². The molecule has 1 aliphatic heterocycles. The molecule has 0 radical (unpaired) electrons. The number of likely N-dealkylation sites (tertiary alicyclic amines) is 1. The summed E-state index contributed by atoms with van der Waals surface area (Å²) in [4.78, 5) is 18.4. The highest BCUT2D eigenvalue weighted by Crippen LogP contribution is 2.26. The van der Waals surface area contributed by atoms with E-state index in [4.69, 9.17) is 0 Å². The van der Waals surface area contributed by atoms with Gasteiger partial charge in [0.05, 0.1) is 12.0 Å². The zero-order chi connectivity index (χ0) is 23.5. The van der Waals surface area contributed by atoms with Crippen LogP contribution in [0.1, 0.15) is 22.5 Å². The quantitative estimate of drug-likeness (QED) is 0.427. The molecule has 5 rings (SSSR count). The fraction of sp³-hybridized carbons (Fsp3) is 0.214. The number of carbonyl (C=O) groups excluding carboxylic acids is 1. The summed E-state index contributed by atoms with van der Waals surface area (Å²) in [6.45, 7) is 1.96. The number of nitrogens with one attached hydrogen (secondary N) is 2. The van der Waals surface area contributed by atoms with Gasteiger partial charge in [0.2, 0.25) is 0 Å². The van der Waals surface area contributed by atoms with E-state index in [9.17, 15) is 14.4 Å². The van der Waals surface area contributed by atoms with Crippen LogP contribution in [-0.4, -0.2) is 34.9 Å². The van der Waals surface area contributed by atoms with Crippen molar-refractivity contribution < 1.29 is 9.18 Å². The molecular weight excluding hydrogens is 427 g/mol. The van der Waals surface area contributed by atoms with Crippen LogP contribution < -0.4 is 5.32 Å². The minimum absolute atomic E-state index is 0.0245. The maximum Gasteiger partial charge on any atom is 0.267 e. The van der Waals surface area contributed by atoms with E-state index >= 15 is 0 Å². The standard InChI is InChI=1S/C28H25FN4O/c29-24-10-8-21(9-11-24)22-6-7-23-14-27(32-26(23)13-22)28(34)31-16-25-12-20(15-30)18-33(25)17-19-4-2-1-3-5-19/h1-11,13-14,20,25,32H,12,16-18H2,(H,31,34)/t20-,25+/m1/s1. The topological polar surface area (TPSA) is 71.9 Å². The Morgan fingerprint density at radius 3 is 2.59 bits per heavy atom. The number of aromatic amines is 1. The summed E-state index contributed by atoms with van der Waals surface area (Å²) < 4.78 is 13.2. The third-order valence-electron chi connectivity index (χ3n) is 6.48. The number of H-pyrrole nitrogens is 1. The first kappa shape index (κ1) is 21.9. The van der Waals surface area contributed by atoms with Crippen LogP contribution in [0, 0.1) is 23.1 Å². The smallest absolute Gasteiger partial charge is 0.267 e. The molecule has 4 aromatic rings. The van der Waals surface area contributed by atoms with Crippen molar-refractivity contribution in [1.29, 1.82) is 5.26 Å². The highest BCUT2D eigenvalue weighted by Gasteiger charge is 2.32. The molecule has 170 valence electrons. The van der Waals surface area contributed by atoms with Crippen LogP contribution in [0.15, 0.2) is 78.9 Å². The monoisotopic (exact) mass is 452 g/mol. The third-order valence-corrected chi connectivity index (χ3v) is 6.48. The first-order chi connectivity index (χ1) is 16.6. The van der Waals surface area contributed by atoms with Gasteiger partial charge in [-0.15, -0.1) is 0 Å². The Bertz CT molecular complexity index is 1340. The Labute approximate surface area is 197 Å². The molecule has 0 bridgehead atoms. The second-order valence-electron chi connectivity index (χ2n) is 8.83. The van der Waals surface area contributed by atoms with Gasteiger partial charge in [0.1, 0.15) is 11.5 Å². The lowest BCUT2D eigenvalue weighted by atomic mass is 10.0. The predicted molar refractivity (Wildman–Crippen MR) is 130 cm³/mol.